The standard InChI is InChI=1S/C11H7Cl3N2O2/c1-5-2-9(17)15-11(18)16(5)10-7(13)3-6(12)4-8(10)14/h2-4H,1H3,(H,15,17,18). The topological polar surface area (TPSA) is 54.9 Å². The Morgan fingerprint density at radius 3 is 2.11 bits per heavy atom. The Kier molecular flexibility index (Phi) is 3.52. The highest BCUT2D eigenvalue weighted by Crippen LogP contribution is 2.31. The van der Waals surface area contributed by atoms with Gasteiger partial charge in [0.25, 0.3) is 5.56 Å². The van der Waals surface area contributed by atoms with Gasteiger partial charge >= 0.3 is 5.69 Å². The van der Waals surface area contributed by atoms with E-state index in [0.29, 0.717) is 16.4 Å². The molecular formula is C11H7Cl3N2O2. The van der Waals surface area contributed by atoms with Crippen LogP contribution in [0, 0.1) is 6.92 Å². The van der Waals surface area contributed by atoms with E-state index in [4.69, 9.17) is 34.8 Å². The van der Waals surface area contributed by atoms with Gasteiger partial charge in [-0.05, 0) is 19.1 Å². The molecule has 0 bridgehead atoms. The minimum atomic E-state index is -0.605. The van der Waals surface area contributed by atoms with E-state index < -0.39 is 11.2 Å². The molecule has 0 radical (unpaired) electrons. The summed E-state index contributed by atoms with van der Waals surface area (Å²) in [7, 11) is 0. The van der Waals surface area contributed by atoms with Gasteiger partial charge in [-0.2, -0.15) is 0 Å². The molecule has 0 aliphatic heterocycles. The summed E-state index contributed by atoms with van der Waals surface area (Å²) in [5.74, 6) is 0. The van der Waals surface area contributed by atoms with Crippen molar-refractivity contribution in [3.8, 4) is 5.69 Å². The van der Waals surface area contributed by atoms with Crippen molar-refractivity contribution in [1.82, 2.24) is 9.55 Å². The Hall–Kier alpha value is -1.23. The third-order valence-electron chi connectivity index (χ3n) is 2.33. The molecule has 1 aromatic carbocycles. The normalized spacial score (nSPS) is 10.7. The van der Waals surface area contributed by atoms with Crippen molar-refractivity contribution in [3.05, 3.63) is 59.8 Å². The van der Waals surface area contributed by atoms with Crippen molar-refractivity contribution in [3.63, 3.8) is 0 Å². The zero-order valence-corrected chi connectivity index (χ0v) is 11.4. The number of halogens is 3. The molecule has 1 aromatic heterocycles. The van der Waals surface area contributed by atoms with Crippen molar-refractivity contribution in [1.29, 1.82) is 0 Å². The maximum absolute atomic E-state index is 11.8. The van der Waals surface area contributed by atoms with Crippen molar-refractivity contribution in [2.45, 2.75) is 6.92 Å². The lowest BCUT2D eigenvalue weighted by atomic mass is 10.3. The van der Waals surface area contributed by atoms with E-state index >= 15 is 0 Å². The Morgan fingerprint density at radius 1 is 1.06 bits per heavy atom. The highest BCUT2D eigenvalue weighted by molar-refractivity contribution is 6.40. The number of nitrogens with zero attached hydrogens (tertiary/aromatic N) is 1. The molecule has 18 heavy (non-hydrogen) atoms. The molecule has 1 N–H and O–H groups in total. The van der Waals surface area contributed by atoms with E-state index in [-0.39, 0.29) is 10.0 Å². The van der Waals surface area contributed by atoms with Gasteiger partial charge in [0.05, 0.1) is 15.7 Å². The highest BCUT2D eigenvalue weighted by Gasteiger charge is 2.13. The van der Waals surface area contributed by atoms with Gasteiger partial charge in [0.1, 0.15) is 0 Å². The zero-order chi connectivity index (χ0) is 13.4. The second-order valence-electron chi connectivity index (χ2n) is 3.63. The van der Waals surface area contributed by atoms with Gasteiger partial charge in [0, 0.05) is 16.8 Å². The lowest BCUT2D eigenvalue weighted by Crippen LogP contribution is -2.30. The van der Waals surface area contributed by atoms with Gasteiger partial charge in [-0.1, -0.05) is 34.8 Å². The minimum Gasteiger partial charge on any atom is -0.274 e. The first-order chi connectivity index (χ1) is 8.40. The largest absolute Gasteiger partial charge is 0.333 e. The van der Waals surface area contributed by atoms with Crippen LogP contribution in [0.2, 0.25) is 15.1 Å². The second kappa shape index (κ2) is 4.80. The molecule has 0 unspecified atom stereocenters. The minimum absolute atomic E-state index is 0.227. The van der Waals surface area contributed by atoms with Gasteiger partial charge < -0.3 is 0 Å². The molecule has 2 aromatic rings. The maximum atomic E-state index is 11.8. The summed E-state index contributed by atoms with van der Waals surface area (Å²) in [4.78, 5) is 25.1. The average Bonchev–Trinajstić information content (AvgIpc) is 2.20. The SMILES string of the molecule is Cc1cc(=O)[nH]c(=O)n1-c1c(Cl)cc(Cl)cc1Cl. The first kappa shape index (κ1) is 13.2. The van der Waals surface area contributed by atoms with Crippen LogP contribution in [-0.2, 0) is 0 Å². The number of H-pyrrole nitrogens is 1. The van der Waals surface area contributed by atoms with Crippen LogP contribution in [0.1, 0.15) is 5.69 Å². The highest BCUT2D eigenvalue weighted by atomic mass is 35.5. The lowest BCUT2D eigenvalue weighted by Gasteiger charge is -2.12. The molecule has 1 heterocycles. The van der Waals surface area contributed by atoms with Crippen molar-refractivity contribution < 1.29 is 0 Å². The van der Waals surface area contributed by atoms with E-state index in [1.165, 1.54) is 22.8 Å². The molecule has 7 heteroatoms. The summed E-state index contributed by atoms with van der Waals surface area (Å²) in [6.45, 7) is 1.61. The van der Waals surface area contributed by atoms with Gasteiger partial charge in [-0.3, -0.25) is 14.3 Å². The Bertz CT molecular complexity index is 711. The van der Waals surface area contributed by atoms with E-state index in [1.54, 1.807) is 6.92 Å². The van der Waals surface area contributed by atoms with Gasteiger partial charge in [-0.15, -0.1) is 0 Å². The number of hydrogen-bond acceptors (Lipinski definition) is 2. The zero-order valence-electron chi connectivity index (χ0n) is 9.13. The first-order valence-electron chi connectivity index (χ1n) is 4.88. The molecule has 0 spiro atoms. The van der Waals surface area contributed by atoms with Crippen LogP contribution < -0.4 is 11.2 Å². The molecule has 0 atom stereocenters. The number of aromatic amines is 1. The molecule has 0 aliphatic rings. The summed E-state index contributed by atoms with van der Waals surface area (Å²) in [6, 6.07) is 4.23. The van der Waals surface area contributed by atoms with Crippen LogP contribution in [0.5, 0.6) is 0 Å². The van der Waals surface area contributed by atoms with E-state index in [1.807, 2.05) is 0 Å². The summed E-state index contributed by atoms with van der Waals surface area (Å²) < 4.78 is 1.22. The number of benzene rings is 1. The summed E-state index contributed by atoms with van der Waals surface area (Å²) in [6.07, 6.45) is 0. The third-order valence-corrected chi connectivity index (χ3v) is 3.13. The molecule has 4 nitrogen and oxygen atoms in total. The third kappa shape index (κ3) is 2.32. The van der Waals surface area contributed by atoms with Crippen molar-refractivity contribution in [2.24, 2.45) is 0 Å². The number of nitrogens with one attached hydrogen (secondary N) is 1. The fourth-order valence-electron chi connectivity index (χ4n) is 1.64. The predicted octanol–water partition coefficient (Wildman–Crippen LogP) is 2.79. The molecule has 2 rings (SSSR count). The van der Waals surface area contributed by atoms with E-state index in [0.717, 1.165) is 0 Å². The van der Waals surface area contributed by atoms with Crippen molar-refractivity contribution >= 4 is 34.8 Å². The van der Waals surface area contributed by atoms with Gasteiger partial charge in [0.15, 0.2) is 0 Å². The lowest BCUT2D eigenvalue weighted by molar-refractivity contribution is 0.857. The smallest absolute Gasteiger partial charge is 0.274 e. The monoisotopic (exact) mass is 304 g/mol. The number of aromatic nitrogens is 2. The number of rotatable bonds is 1. The Morgan fingerprint density at radius 2 is 1.61 bits per heavy atom. The second-order valence-corrected chi connectivity index (χ2v) is 4.88. The summed E-state index contributed by atoms with van der Waals surface area (Å²) >= 11 is 17.9. The van der Waals surface area contributed by atoms with Crippen LogP contribution in [0.25, 0.3) is 5.69 Å². The fraction of sp³-hybridized carbons (Fsp3) is 0.0909. The van der Waals surface area contributed by atoms with E-state index in [9.17, 15) is 9.59 Å². The molecule has 0 saturated heterocycles. The maximum Gasteiger partial charge on any atom is 0.333 e. The van der Waals surface area contributed by atoms with Crippen molar-refractivity contribution in [2.75, 3.05) is 0 Å². The van der Waals surface area contributed by atoms with Gasteiger partial charge in [0.2, 0.25) is 0 Å². The Labute approximate surface area is 117 Å². The summed E-state index contributed by atoms with van der Waals surface area (Å²) in [5.41, 5.74) is -0.363. The summed E-state index contributed by atoms with van der Waals surface area (Å²) in [5, 5.41) is 0.818. The van der Waals surface area contributed by atoms with Crippen LogP contribution in [0.15, 0.2) is 27.8 Å². The van der Waals surface area contributed by atoms with E-state index in [2.05, 4.69) is 4.98 Å². The predicted molar refractivity (Wildman–Crippen MR) is 72.4 cm³/mol. The van der Waals surface area contributed by atoms with Crippen LogP contribution in [0.4, 0.5) is 0 Å². The van der Waals surface area contributed by atoms with Crippen LogP contribution >= 0.6 is 34.8 Å². The van der Waals surface area contributed by atoms with Crippen LogP contribution in [-0.4, -0.2) is 9.55 Å². The number of hydrogen-bond donors (Lipinski definition) is 1. The van der Waals surface area contributed by atoms with Crippen LogP contribution in [0.3, 0.4) is 0 Å². The van der Waals surface area contributed by atoms with Gasteiger partial charge in [-0.25, -0.2) is 4.79 Å². The molecule has 0 saturated carbocycles. The Balaban J connectivity index is 2.86. The molecule has 0 aliphatic carbocycles. The quantitative estimate of drug-likeness (QED) is 0.881. The first-order valence-corrected chi connectivity index (χ1v) is 6.01. The molecular weight excluding hydrogens is 298 g/mol. The fourth-order valence-corrected chi connectivity index (χ4v) is 2.62. The molecule has 0 amide bonds. The average molecular weight is 306 g/mol. The molecule has 94 valence electrons. The number of aryl methyl sites for hydroxylation is 1. The molecule has 0 fully saturated rings.